The first-order valence-corrected chi connectivity index (χ1v) is 7.89. The molecule has 0 heterocycles. The summed E-state index contributed by atoms with van der Waals surface area (Å²) in [6, 6.07) is 2.26. The zero-order valence-electron chi connectivity index (χ0n) is 10.7. The van der Waals surface area contributed by atoms with Crippen LogP contribution in [0.25, 0.3) is 0 Å². The van der Waals surface area contributed by atoms with Crippen molar-refractivity contribution >= 4 is 31.6 Å². The van der Waals surface area contributed by atoms with Gasteiger partial charge in [-0.1, -0.05) is 6.92 Å². The Hall–Kier alpha value is -0.830. The van der Waals surface area contributed by atoms with E-state index in [1.54, 1.807) is 6.92 Å². The highest BCUT2D eigenvalue weighted by molar-refractivity contribution is 9.10. The molecule has 0 radical (unpaired) electrons. The van der Waals surface area contributed by atoms with Gasteiger partial charge in [-0.15, -0.1) is 0 Å². The number of hydrogen-bond donors (Lipinski definition) is 3. The van der Waals surface area contributed by atoms with Crippen molar-refractivity contribution in [2.75, 3.05) is 19.5 Å². The Balaban J connectivity index is 3.24. The molecule has 0 saturated carbocycles. The number of methoxy groups -OCH3 is 1. The Morgan fingerprint density at radius 1 is 1.53 bits per heavy atom. The number of rotatable bonds is 6. The fourth-order valence-corrected chi connectivity index (χ4v) is 3.27. The van der Waals surface area contributed by atoms with Crippen molar-refractivity contribution in [1.82, 2.24) is 4.72 Å². The molecular formula is C11H17BrN2O4S. The van der Waals surface area contributed by atoms with Crippen molar-refractivity contribution < 1.29 is 18.3 Å². The van der Waals surface area contributed by atoms with Crippen LogP contribution in [-0.2, 0) is 10.0 Å². The van der Waals surface area contributed by atoms with E-state index in [1.165, 1.54) is 19.2 Å². The van der Waals surface area contributed by atoms with Crippen LogP contribution in [0.5, 0.6) is 5.75 Å². The number of hydrogen-bond acceptors (Lipinski definition) is 5. The number of anilines is 1. The number of nitrogens with one attached hydrogen (secondary N) is 1. The maximum atomic E-state index is 12.2. The van der Waals surface area contributed by atoms with Gasteiger partial charge >= 0.3 is 0 Å². The van der Waals surface area contributed by atoms with E-state index in [9.17, 15) is 8.42 Å². The maximum absolute atomic E-state index is 12.2. The first-order valence-electron chi connectivity index (χ1n) is 5.61. The van der Waals surface area contributed by atoms with Crippen LogP contribution < -0.4 is 15.2 Å². The summed E-state index contributed by atoms with van der Waals surface area (Å²) in [6.45, 7) is 1.50. The quantitative estimate of drug-likeness (QED) is 0.665. The van der Waals surface area contributed by atoms with Gasteiger partial charge in [0, 0.05) is 16.2 Å². The molecule has 108 valence electrons. The first-order chi connectivity index (χ1) is 8.85. The van der Waals surface area contributed by atoms with Gasteiger partial charge in [-0.2, -0.15) is 0 Å². The van der Waals surface area contributed by atoms with E-state index in [0.29, 0.717) is 16.6 Å². The zero-order valence-corrected chi connectivity index (χ0v) is 13.1. The molecule has 0 aliphatic rings. The zero-order chi connectivity index (χ0) is 14.6. The molecule has 1 rings (SSSR count). The SMILES string of the molecule is CCC(CO)NS(=O)(=O)c1cc(N)c(Br)cc1OC. The van der Waals surface area contributed by atoms with E-state index in [0.717, 1.165) is 0 Å². The summed E-state index contributed by atoms with van der Waals surface area (Å²) in [7, 11) is -2.43. The number of benzene rings is 1. The maximum Gasteiger partial charge on any atom is 0.244 e. The molecule has 1 aromatic carbocycles. The van der Waals surface area contributed by atoms with Crippen LogP contribution in [0.3, 0.4) is 0 Å². The lowest BCUT2D eigenvalue weighted by molar-refractivity contribution is 0.253. The van der Waals surface area contributed by atoms with Crippen LogP contribution in [0.15, 0.2) is 21.5 Å². The van der Waals surface area contributed by atoms with Gasteiger partial charge in [0.05, 0.1) is 13.7 Å². The molecule has 19 heavy (non-hydrogen) atoms. The molecule has 1 atom stereocenters. The molecule has 0 amide bonds. The van der Waals surface area contributed by atoms with E-state index in [-0.39, 0.29) is 17.3 Å². The molecule has 0 aromatic heterocycles. The molecule has 4 N–H and O–H groups in total. The van der Waals surface area contributed by atoms with Gasteiger partial charge < -0.3 is 15.6 Å². The lowest BCUT2D eigenvalue weighted by Crippen LogP contribution is -2.37. The van der Waals surface area contributed by atoms with Crippen LogP contribution in [-0.4, -0.2) is 33.3 Å². The Morgan fingerprint density at radius 2 is 2.16 bits per heavy atom. The van der Waals surface area contributed by atoms with E-state index in [2.05, 4.69) is 20.7 Å². The number of nitrogen functional groups attached to an aromatic ring is 1. The predicted molar refractivity (Wildman–Crippen MR) is 76.6 cm³/mol. The van der Waals surface area contributed by atoms with E-state index >= 15 is 0 Å². The molecule has 0 aliphatic carbocycles. The molecule has 0 aliphatic heterocycles. The number of aliphatic hydroxyl groups excluding tert-OH is 1. The Bertz CT molecular complexity index is 544. The second-order valence-corrected chi connectivity index (χ2v) is 6.47. The average Bonchev–Trinajstić information content (AvgIpc) is 2.38. The van der Waals surface area contributed by atoms with E-state index in [4.69, 9.17) is 15.6 Å². The second-order valence-electron chi connectivity index (χ2n) is 3.93. The summed E-state index contributed by atoms with van der Waals surface area (Å²) in [6.07, 6.45) is 0.476. The summed E-state index contributed by atoms with van der Waals surface area (Å²) in [5, 5.41) is 9.07. The normalized spacial score (nSPS) is 13.3. The fraction of sp³-hybridized carbons (Fsp3) is 0.455. The topological polar surface area (TPSA) is 102 Å². The van der Waals surface area contributed by atoms with Crippen molar-refractivity contribution in [2.24, 2.45) is 0 Å². The largest absolute Gasteiger partial charge is 0.495 e. The lowest BCUT2D eigenvalue weighted by Gasteiger charge is -2.16. The third kappa shape index (κ3) is 3.82. The number of aliphatic hydroxyl groups is 1. The number of ether oxygens (including phenoxy) is 1. The van der Waals surface area contributed by atoms with Gasteiger partial charge in [0.2, 0.25) is 10.0 Å². The van der Waals surface area contributed by atoms with Crippen molar-refractivity contribution in [3.8, 4) is 5.75 Å². The van der Waals surface area contributed by atoms with Crippen LogP contribution in [0, 0.1) is 0 Å². The Labute approximate surface area is 121 Å². The minimum atomic E-state index is -3.80. The monoisotopic (exact) mass is 352 g/mol. The standard InChI is InChI=1S/C11H17BrN2O4S/c1-3-7(6-15)14-19(16,17)11-5-9(13)8(12)4-10(11)18-2/h4-5,7,14-15H,3,6,13H2,1-2H3. The third-order valence-corrected chi connectivity index (χ3v) is 4.84. The average molecular weight is 353 g/mol. The van der Waals surface area contributed by atoms with E-state index < -0.39 is 16.1 Å². The van der Waals surface area contributed by atoms with Crippen LogP contribution >= 0.6 is 15.9 Å². The van der Waals surface area contributed by atoms with Crippen molar-refractivity contribution in [1.29, 1.82) is 0 Å². The van der Waals surface area contributed by atoms with Gasteiger partial charge in [0.1, 0.15) is 10.6 Å². The Kier molecular flexibility index (Phi) is 5.60. The van der Waals surface area contributed by atoms with Gasteiger partial charge in [-0.05, 0) is 34.5 Å². The second kappa shape index (κ2) is 6.56. The van der Waals surface area contributed by atoms with Crippen molar-refractivity contribution in [3.05, 3.63) is 16.6 Å². The van der Waals surface area contributed by atoms with Crippen LogP contribution in [0.1, 0.15) is 13.3 Å². The summed E-state index contributed by atoms with van der Waals surface area (Å²) in [5.41, 5.74) is 5.98. The van der Waals surface area contributed by atoms with Gasteiger partial charge in [0.15, 0.2) is 0 Å². The van der Waals surface area contributed by atoms with E-state index in [1.807, 2.05) is 0 Å². The fourth-order valence-electron chi connectivity index (χ4n) is 1.45. The number of sulfonamides is 1. The molecule has 0 spiro atoms. The molecule has 0 fully saturated rings. The van der Waals surface area contributed by atoms with Crippen LogP contribution in [0.4, 0.5) is 5.69 Å². The third-order valence-electron chi connectivity index (χ3n) is 2.61. The molecule has 0 bridgehead atoms. The van der Waals surface area contributed by atoms with Crippen molar-refractivity contribution in [3.63, 3.8) is 0 Å². The minimum Gasteiger partial charge on any atom is -0.495 e. The van der Waals surface area contributed by atoms with Gasteiger partial charge in [0.25, 0.3) is 0 Å². The van der Waals surface area contributed by atoms with Gasteiger partial charge in [-0.3, -0.25) is 0 Å². The highest BCUT2D eigenvalue weighted by atomic mass is 79.9. The Morgan fingerprint density at radius 3 is 2.63 bits per heavy atom. The summed E-state index contributed by atoms with van der Waals surface area (Å²) < 4.78 is 32.5. The molecule has 6 nitrogen and oxygen atoms in total. The molecule has 1 aromatic rings. The first kappa shape index (κ1) is 16.2. The number of halogens is 1. The molecular weight excluding hydrogens is 336 g/mol. The van der Waals surface area contributed by atoms with Gasteiger partial charge in [-0.25, -0.2) is 13.1 Å². The highest BCUT2D eigenvalue weighted by Crippen LogP contribution is 2.32. The number of nitrogens with two attached hydrogens (primary N) is 1. The highest BCUT2D eigenvalue weighted by Gasteiger charge is 2.23. The lowest BCUT2D eigenvalue weighted by atomic mass is 10.3. The molecule has 8 heteroatoms. The van der Waals surface area contributed by atoms with Crippen LogP contribution in [0.2, 0.25) is 0 Å². The summed E-state index contributed by atoms with van der Waals surface area (Å²) >= 11 is 3.21. The predicted octanol–water partition coefficient (Wildman–Crippen LogP) is 1.09. The van der Waals surface area contributed by atoms with Crippen molar-refractivity contribution in [2.45, 2.75) is 24.3 Å². The summed E-state index contributed by atoms with van der Waals surface area (Å²) in [4.78, 5) is -0.0531. The smallest absolute Gasteiger partial charge is 0.244 e. The molecule has 1 unspecified atom stereocenters. The minimum absolute atomic E-state index is 0.0531. The summed E-state index contributed by atoms with van der Waals surface area (Å²) in [5.74, 6) is 0.182. The molecule has 0 saturated heterocycles.